The maximum Gasteiger partial charge on any atom is 0.338 e. The summed E-state index contributed by atoms with van der Waals surface area (Å²) in [6, 6.07) is 16.7. The molecule has 0 spiro atoms. The van der Waals surface area contributed by atoms with Gasteiger partial charge in [0.05, 0.1) is 17.9 Å². The Kier molecular flexibility index (Phi) is 6.27. The number of carbonyl (C=O) groups excluding carboxylic acids is 2. The lowest BCUT2D eigenvalue weighted by Crippen LogP contribution is -2.08. The molecule has 1 aromatic heterocycles. The van der Waals surface area contributed by atoms with E-state index in [2.05, 4.69) is 9.97 Å². The zero-order valence-electron chi connectivity index (χ0n) is 16.0. The molecule has 5 nitrogen and oxygen atoms in total. The predicted octanol–water partition coefficient (Wildman–Crippen LogP) is 3.98. The van der Waals surface area contributed by atoms with Crippen LogP contribution in [0.25, 0.3) is 11.3 Å². The van der Waals surface area contributed by atoms with E-state index in [4.69, 9.17) is 4.74 Å². The molecule has 0 radical (unpaired) electrons. The minimum Gasteiger partial charge on any atom is -0.462 e. The molecule has 1 heterocycles. The summed E-state index contributed by atoms with van der Waals surface area (Å²) in [5.41, 5.74) is 4.12. The molecule has 0 saturated carbocycles. The number of esters is 1. The fourth-order valence-corrected chi connectivity index (χ4v) is 2.95. The molecule has 0 aliphatic carbocycles. The van der Waals surface area contributed by atoms with Crippen LogP contribution in [0.4, 0.5) is 0 Å². The lowest BCUT2D eigenvalue weighted by Gasteiger charge is -2.06. The van der Waals surface area contributed by atoms with E-state index in [-0.39, 0.29) is 11.8 Å². The van der Waals surface area contributed by atoms with E-state index in [1.165, 1.54) is 0 Å². The molecule has 28 heavy (non-hydrogen) atoms. The Labute approximate surface area is 164 Å². The molecule has 0 unspecified atom stereocenters. The molecule has 3 aromatic rings. The van der Waals surface area contributed by atoms with Gasteiger partial charge in [-0.1, -0.05) is 30.3 Å². The summed E-state index contributed by atoms with van der Waals surface area (Å²) < 4.78 is 4.97. The second-order valence-corrected chi connectivity index (χ2v) is 6.50. The first-order valence-electron chi connectivity index (χ1n) is 9.22. The van der Waals surface area contributed by atoms with E-state index in [9.17, 15) is 9.59 Å². The largest absolute Gasteiger partial charge is 0.462 e. The summed E-state index contributed by atoms with van der Waals surface area (Å²) >= 11 is 0. The molecule has 0 fully saturated rings. The Bertz CT molecular complexity index is 981. The van der Waals surface area contributed by atoms with E-state index in [1.807, 2.05) is 37.3 Å². The van der Waals surface area contributed by atoms with Gasteiger partial charge in [-0.3, -0.25) is 4.79 Å². The topological polar surface area (TPSA) is 69.2 Å². The number of carbonyl (C=O) groups is 2. The minimum atomic E-state index is -0.350. The lowest BCUT2D eigenvalue weighted by molar-refractivity contribution is -0.117. The number of hydrogen-bond donors (Lipinski definition) is 0. The SMILES string of the molecule is CCOC(=O)c1ccc(CC(=O)Cc2cccc(-c3ccnc(C)n3)c2)cc1. The number of aryl methyl sites for hydroxylation is 1. The van der Waals surface area contributed by atoms with E-state index >= 15 is 0 Å². The summed E-state index contributed by atoms with van der Waals surface area (Å²) in [6.45, 7) is 3.96. The molecule has 0 atom stereocenters. The Morgan fingerprint density at radius 2 is 1.71 bits per heavy atom. The fraction of sp³-hybridized carbons (Fsp3) is 0.217. The number of nitrogens with zero attached hydrogens (tertiary/aromatic N) is 2. The summed E-state index contributed by atoms with van der Waals surface area (Å²) in [4.78, 5) is 32.7. The van der Waals surface area contributed by atoms with Gasteiger partial charge in [-0.05, 0) is 49.2 Å². The Morgan fingerprint density at radius 1 is 0.964 bits per heavy atom. The molecule has 0 amide bonds. The van der Waals surface area contributed by atoms with Gasteiger partial charge in [0.25, 0.3) is 0 Å². The van der Waals surface area contributed by atoms with E-state index in [1.54, 1.807) is 37.4 Å². The predicted molar refractivity (Wildman–Crippen MR) is 107 cm³/mol. The molecule has 0 saturated heterocycles. The second kappa shape index (κ2) is 9.04. The number of rotatable bonds is 7. The molecular weight excluding hydrogens is 352 g/mol. The zero-order valence-corrected chi connectivity index (χ0v) is 16.0. The third kappa shape index (κ3) is 5.10. The van der Waals surface area contributed by atoms with Crippen LogP contribution >= 0.6 is 0 Å². The van der Waals surface area contributed by atoms with Crippen molar-refractivity contribution >= 4 is 11.8 Å². The van der Waals surface area contributed by atoms with E-state index in [0.717, 1.165) is 22.4 Å². The summed E-state index contributed by atoms with van der Waals surface area (Å²) in [6.07, 6.45) is 2.40. The first-order chi connectivity index (χ1) is 13.5. The average molecular weight is 374 g/mol. The van der Waals surface area contributed by atoms with Gasteiger partial charge in [0.15, 0.2) is 0 Å². The highest BCUT2D eigenvalue weighted by Crippen LogP contribution is 2.19. The van der Waals surface area contributed by atoms with Gasteiger partial charge >= 0.3 is 5.97 Å². The minimum absolute atomic E-state index is 0.111. The normalized spacial score (nSPS) is 10.5. The Morgan fingerprint density at radius 3 is 2.43 bits per heavy atom. The highest BCUT2D eigenvalue weighted by Gasteiger charge is 2.10. The Balaban J connectivity index is 1.65. The third-order valence-corrected chi connectivity index (χ3v) is 4.27. The summed E-state index contributed by atoms with van der Waals surface area (Å²) in [5.74, 6) is 0.474. The van der Waals surface area contributed by atoms with Crippen LogP contribution in [0.15, 0.2) is 60.8 Å². The van der Waals surface area contributed by atoms with Gasteiger partial charge in [-0.15, -0.1) is 0 Å². The maximum atomic E-state index is 12.5. The highest BCUT2D eigenvalue weighted by atomic mass is 16.5. The Hall–Kier alpha value is -3.34. The van der Waals surface area contributed by atoms with Crippen molar-refractivity contribution in [3.05, 3.63) is 83.3 Å². The van der Waals surface area contributed by atoms with Crippen LogP contribution in [0.1, 0.15) is 34.2 Å². The van der Waals surface area contributed by atoms with Crippen molar-refractivity contribution in [3.63, 3.8) is 0 Å². The van der Waals surface area contributed by atoms with Gasteiger partial charge in [0.2, 0.25) is 0 Å². The summed E-state index contributed by atoms with van der Waals surface area (Å²) in [5, 5.41) is 0. The number of ether oxygens (including phenoxy) is 1. The van der Waals surface area contributed by atoms with Crippen molar-refractivity contribution in [3.8, 4) is 11.3 Å². The fourth-order valence-electron chi connectivity index (χ4n) is 2.95. The summed E-state index contributed by atoms with van der Waals surface area (Å²) in [7, 11) is 0. The molecule has 142 valence electrons. The first kappa shape index (κ1) is 19.4. The number of aromatic nitrogens is 2. The number of benzene rings is 2. The average Bonchev–Trinajstić information content (AvgIpc) is 2.69. The number of hydrogen-bond acceptors (Lipinski definition) is 5. The third-order valence-electron chi connectivity index (χ3n) is 4.27. The lowest BCUT2D eigenvalue weighted by atomic mass is 10.00. The zero-order chi connectivity index (χ0) is 19.9. The van der Waals surface area contributed by atoms with Gasteiger partial charge in [0, 0.05) is 24.6 Å². The van der Waals surface area contributed by atoms with Crippen LogP contribution < -0.4 is 0 Å². The molecule has 5 heteroatoms. The standard InChI is InChI=1S/C23H22N2O3/c1-3-28-23(27)19-9-7-17(8-10-19)14-21(26)15-18-5-4-6-20(13-18)22-11-12-24-16(2)25-22/h4-13H,3,14-15H2,1-2H3. The van der Waals surface area contributed by atoms with Crippen molar-refractivity contribution < 1.29 is 14.3 Å². The van der Waals surface area contributed by atoms with Crippen LogP contribution in [-0.4, -0.2) is 28.3 Å². The van der Waals surface area contributed by atoms with Crippen LogP contribution in [0, 0.1) is 6.92 Å². The van der Waals surface area contributed by atoms with Gasteiger partial charge in [0.1, 0.15) is 11.6 Å². The highest BCUT2D eigenvalue weighted by molar-refractivity contribution is 5.89. The molecule has 0 aliphatic rings. The molecule has 3 rings (SSSR count). The van der Waals surface area contributed by atoms with Gasteiger partial charge in [-0.25, -0.2) is 14.8 Å². The van der Waals surface area contributed by atoms with Gasteiger partial charge in [-0.2, -0.15) is 0 Å². The molecular formula is C23H22N2O3. The van der Waals surface area contributed by atoms with Crippen molar-refractivity contribution in [2.45, 2.75) is 26.7 Å². The van der Waals surface area contributed by atoms with Crippen LogP contribution in [0.2, 0.25) is 0 Å². The monoisotopic (exact) mass is 374 g/mol. The van der Waals surface area contributed by atoms with Crippen molar-refractivity contribution in [2.24, 2.45) is 0 Å². The molecule has 0 N–H and O–H groups in total. The quantitative estimate of drug-likeness (QED) is 0.585. The maximum absolute atomic E-state index is 12.5. The van der Waals surface area contributed by atoms with E-state index < -0.39 is 0 Å². The van der Waals surface area contributed by atoms with Gasteiger partial charge < -0.3 is 4.74 Å². The first-order valence-corrected chi connectivity index (χ1v) is 9.22. The van der Waals surface area contributed by atoms with Crippen LogP contribution in [0.3, 0.4) is 0 Å². The van der Waals surface area contributed by atoms with Crippen molar-refractivity contribution in [2.75, 3.05) is 6.61 Å². The number of ketones is 1. The van der Waals surface area contributed by atoms with Crippen LogP contribution in [-0.2, 0) is 22.4 Å². The molecule has 2 aromatic carbocycles. The smallest absolute Gasteiger partial charge is 0.338 e. The van der Waals surface area contributed by atoms with Crippen molar-refractivity contribution in [1.82, 2.24) is 9.97 Å². The molecule has 0 aliphatic heterocycles. The van der Waals surface area contributed by atoms with E-state index in [0.29, 0.717) is 30.8 Å². The molecule has 0 bridgehead atoms. The van der Waals surface area contributed by atoms with Crippen LogP contribution in [0.5, 0.6) is 0 Å². The van der Waals surface area contributed by atoms with Crippen molar-refractivity contribution in [1.29, 1.82) is 0 Å². The second-order valence-electron chi connectivity index (χ2n) is 6.50. The number of Topliss-reactive ketones (excluding diaryl/α,β-unsaturated/α-hetero) is 1.